The molecule has 1 aromatic rings. The minimum absolute atomic E-state index is 0.0215. The zero-order valence-electron chi connectivity index (χ0n) is 13.4. The Morgan fingerprint density at radius 2 is 2.29 bits per heavy atom. The van der Waals surface area contributed by atoms with Crippen molar-refractivity contribution in [2.24, 2.45) is 4.99 Å². The van der Waals surface area contributed by atoms with Crippen LogP contribution in [-0.4, -0.2) is 34.3 Å². The number of rotatable bonds is 3. The molecule has 7 heteroatoms. The van der Waals surface area contributed by atoms with Crippen molar-refractivity contribution in [1.29, 1.82) is 0 Å². The average Bonchev–Trinajstić information content (AvgIpc) is 2.54. The van der Waals surface area contributed by atoms with Crippen molar-refractivity contribution in [3.8, 4) is 0 Å². The van der Waals surface area contributed by atoms with Gasteiger partial charge in [-0.2, -0.15) is 0 Å². The number of amides is 1. The highest BCUT2D eigenvalue weighted by Crippen LogP contribution is 2.40. The highest BCUT2D eigenvalue weighted by Gasteiger charge is 2.41. The first-order chi connectivity index (χ1) is 11.5. The number of esters is 1. The van der Waals surface area contributed by atoms with Crippen LogP contribution in [0, 0.1) is 0 Å². The number of hydrogen-bond donors (Lipinski definition) is 0. The van der Waals surface area contributed by atoms with Crippen molar-refractivity contribution in [1.82, 2.24) is 4.90 Å². The maximum Gasteiger partial charge on any atom is 0.338 e. The molecule has 0 unspecified atom stereocenters. The molecule has 2 aliphatic rings. The summed E-state index contributed by atoms with van der Waals surface area (Å²) in [6, 6.07) is 7.14. The quantitative estimate of drug-likeness (QED) is 0.715. The Hall–Kier alpha value is -1.60. The summed E-state index contributed by atoms with van der Waals surface area (Å²) in [6.07, 6.45) is 0.434. The molecule has 1 amide bonds. The first kappa shape index (κ1) is 17.2. The van der Waals surface area contributed by atoms with E-state index in [0.717, 1.165) is 10.0 Å². The number of ether oxygens (including phenoxy) is 1. The molecule has 126 valence electrons. The molecule has 5 nitrogen and oxygen atoms in total. The summed E-state index contributed by atoms with van der Waals surface area (Å²) in [6.45, 7) is 3.84. The van der Waals surface area contributed by atoms with Crippen LogP contribution < -0.4 is 0 Å². The third-order valence-corrected chi connectivity index (χ3v) is 5.31. The highest BCUT2D eigenvalue weighted by atomic mass is 79.9. The standard InChI is InChI=1S/C17H17BrN2O3S/c1-3-23-16(22)14-10(2)19-17-20(13(21)7-8-24-17)15(14)11-5-4-6-12(18)9-11/h4-6,9,15H,3,7-8H2,1-2H3/t15-/m1/s1. The first-order valence-corrected chi connectivity index (χ1v) is 9.47. The molecule has 0 N–H and O–H groups in total. The van der Waals surface area contributed by atoms with Crippen LogP contribution in [-0.2, 0) is 14.3 Å². The fourth-order valence-corrected chi connectivity index (χ4v) is 4.28. The zero-order valence-corrected chi connectivity index (χ0v) is 15.8. The Morgan fingerprint density at radius 1 is 1.50 bits per heavy atom. The van der Waals surface area contributed by atoms with E-state index in [2.05, 4.69) is 20.9 Å². The Labute approximate surface area is 153 Å². The van der Waals surface area contributed by atoms with E-state index >= 15 is 0 Å². The van der Waals surface area contributed by atoms with Crippen molar-refractivity contribution in [3.05, 3.63) is 45.6 Å². The second-order valence-electron chi connectivity index (χ2n) is 5.43. The van der Waals surface area contributed by atoms with E-state index in [9.17, 15) is 9.59 Å². The monoisotopic (exact) mass is 408 g/mol. The largest absolute Gasteiger partial charge is 0.463 e. The number of carbonyl (C=O) groups excluding carboxylic acids is 2. The van der Waals surface area contributed by atoms with Gasteiger partial charge in [0, 0.05) is 16.6 Å². The van der Waals surface area contributed by atoms with Gasteiger partial charge in [0.2, 0.25) is 5.91 Å². The van der Waals surface area contributed by atoms with Crippen LogP contribution >= 0.6 is 27.7 Å². The number of nitrogens with zero attached hydrogens (tertiary/aromatic N) is 2. The molecule has 1 fully saturated rings. The van der Waals surface area contributed by atoms with Gasteiger partial charge in [-0.05, 0) is 31.5 Å². The second-order valence-corrected chi connectivity index (χ2v) is 7.41. The number of thioether (sulfide) groups is 1. The van der Waals surface area contributed by atoms with Crippen molar-refractivity contribution in [2.75, 3.05) is 12.4 Å². The van der Waals surface area contributed by atoms with Gasteiger partial charge >= 0.3 is 5.97 Å². The minimum atomic E-state index is -0.505. The van der Waals surface area contributed by atoms with Gasteiger partial charge in [-0.3, -0.25) is 9.69 Å². The molecule has 2 aliphatic heterocycles. The minimum Gasteiger partial charge on any atom is -0.463 e. The normalized spacial score (nSPS) is 20.6. The molecule has 24 heavy (non-hydrogen) atoms. The van der Waals surface area contributed by atoms with Crippen LogP contribution in [0.4, 0.5) is 0 Å². The van der Waals surface area contributed by atoms with Gasteiger partial charge < -0.3 is 4.74 Å². The summed E-state index contributed by atoms with van der Waals surface area (Å²) in [5, 5.41) is 0.654. The molecule has 0 bridgehead atoms. The number of aliphatic imine (C=N–C) groups is 1. The van der Waals surface area contributed by atoms with Gasteiger partial charge in [0.15, 0.2) is 5.17 Å². The molecule has 0 spiro atoms. The molecule has 0 radical (unpaired) electrons. The summed E-state index contributed by atoms with van der Waals surface area (Å²) in [5.74, 6) is 0.263. The van der Waals surface area contributed by atoms with Gasteiger partial charge in [-0.15, -0.1) is 0 Å². The number of fused-ring (bicyclic) bond motifs is 1. The van der Waals surface area contributed by atoms with Gasteiger partial charge in [-0.1, -0.05) is 39.8 Å². The fraction of sp³-hybridized carbons (Fsp3) is 0.353. The van der Waals surface area contributed by atoms with Crippen molar-refractivity contribution >= 4 is 44.7 Å². The predicted molar refractivity (Wildman–Crippen MR) is 97.6 cm³/mol. The lowest BCUT2D eigenvalue weighted by Gasteiger charge is -2.38. The summed E-state index contributed by atoms with van der Waals surface area (Å²) < 4.78 is 6.12. The SMILES string of the molecule is CCOC(=O)C1=C(C)N=C2SCCC(=O)N2[C@@H]1c1cccc(Br)c1. The van der Waals surface area contributed by atoms with Gasteiger partial charge in [0.25, 0.3) is 0 Å². The van der Waals surface area contributed by atoms with E-state index in [1.165, 1.54) is 0 Å². The topological polar surface area (TPSA) is 59.0 Å². The molecule has 0 aliphatic carbocycles. The third kappa shape index (κ3) is 3.15. The molecule has 0 aromatic heterocycles. The van der Waals surface area contributed by atoms with Crippen molar-refractivity contribution in [3.63, 3.8) is 0 Å². The molecular formula is C17H17BrN2O3S. The molecule has 0 saturated carbocycles. The maximum atomic E-state index is 12.6. The van der Waals surface area contributed by atoms with Crippen LogP contribution in [0.1, 0.15) is 31.9 Å². The maximum absolute atomic E-state index is 12.6. The Kier molecular flexibility index (Phi) is 5.10. The number of carbonyl (C=O) groups is 2. The molecule has 1 aromatic carbocycles. The first-order valence-electron chi connectivity index (χ1n) is 7.69. The van der Waals surface area contributed by atoms with E-state index in [1.807, 2.05) is 24.3 Å². The smallest absolute Gasteiger partial charge is 0.338 e. The fourth-order valence-electron chi connectivity index (χ4n) is 2.86. The van der Waals surface area contributed by atoms with Gasteiger partial charge in [0.05, 0.1) is 23.9 Å². The van der Waals surface area contributed by atoms with E-state index in [1.54, 1.807) is 30.5 Å². The molecular weight excluding hydrogens is 392 g/mol. The van der Waals surface area contributed by atoms with Gasteiger partial charge in [-0.25, -0.2) is 9.79 Å². The molecule has 2 heterocycles. The van der Waals surface area contributed by atoms with E-state index < -0.39 is 12.0 Å². The highest BCUT2D eigenvalue weighted by molar-refractivity contribution is 9.10. The lowest BCUT2D eigenvalue weighted by Crippen LogP contribution is -2.45. The molecule has 1 saturated heterocycles. The van der Waals surface area contributed by atoms with Crippen LogP contribution in [0.2, 0.25) is 0 Å². The second kappa shape index (κ2) is 7.11. The van der Waals surface area contributed by atoms with Gasteiger partial charge in [0.1, 0.15) is 0 Å². The number of hydrogen-bond acceptors (Lipinski definition) is 5. The van der Waals surface area contributed by atoms with E-state index in [4.69, 9.17) is 4.74 Å². The zero-order chi connectivity index (χ0) is 17.3. The Balaban J connectivity index is 2.16. The Morgan fingerprint density at radius 3 is 3.00 bits per heavy atom. The number of amidine groups is 1. The van der Waals surface area contributed by atoms with Crippen LogP contribution in [0.15, 0.2) is 45.0 Å². The van der Waals surface area contributed by atoms with E-state index in [-0.39, 0.29) is 12.5 Å². The summed E-state index contributed by atoms with van der Waals surface area (Å²) >= 11 is 5.01. The predicted octanol–water partition coefficient (Wildman–Crippen LogP) is 3.66. The molecule has 1 atom stereocenters. The lowest BCUT2D eigenvalue weighted by molar-refractivity contribution is -0.139. The van der Waals surface area contributed by atoms with Crippen LogP contribution in [0.5, 0.6) is 0 Å². The summed E-state index contributed by atoms with van der Waals surface area (Å²) in [5.41, 5.74) is 1.89. The summed E-state index contributed by atoms with van der Waals surface area (Å²) in [4.78, 5) is 31.3. The average molecular weight is 409 g/mol. The van der Waals surface area contributed by atoms with E-state index in [0.29, 0.717) is 28.6 Å². The summed E-state index contributed by atoms with van der Waals surface area (Å²) in [7, 11) is 0. The van der Waals surface area contributed by atoms with Crippen molar-refractivity contribution in [2.45, 2.75) is 26.3 Å². The number of allylic oxidation sites excluding steroid dienone is 1. The van der Waals surface area contributed by atoms with Crippen LogP contribution in [0.25, 0.3) is 0 Å². The number of halogens is 1. The van der Waals surface area contributed by atoms with Crippen molar-refractivity contribution < 1.29 is 14.3 Å². The van der Waals surface area contributed by atoms with Crippen LogP contribution in [0.3, 0.4) is 0 Å². The Bertz CT molecular complexity index is 760. The molecule has 3 rings (SSSR count). The third-order valence-electron chi connectivity index (χ3n) is 3.87. The lowest BCUT2D eigenvalue weighted by atomic mass is 9.94. The number of benzene rings is 1.